The molecular weight excluding hydrogens is 616 g/mol. The van der Waals surface area contributed by atoms with E-state index in [0.29, 0.717) is 24.5 Å². The third kappa shape index (κ3) is 7.63. The number of halogens is 2. The number of carbonyl (C=O) groups excluding carboxylic acids is 2. The van der Waals surface area contributed by atoms with E-state index >= 15 is 0 Å². The first kappa shape index (κ1) is 32.4. The highest BCUT2D eigenvalue weighted by molar-refractivity contribution is 7.92. The number of hydrogen-bond acceptors (Lipinski definition) is 6. The van der Waals surface area contributed by atoms with Crippen LogP contribution in [0.2, 0.25) is 0 Å². The maximum atomic E-state index is 14.4. The number of likely N-dealkylation sites (N-methyl/N-ethyl adjacent to an activating group) is 1. The Morgan fingerprint density at radius 1 is 0.826 bits per heavy atom. The zero-order valence-corrected chi connectivity index (χ0v) is 25.9. The number of hydrogen-bond donors (Lipinski definition) is 1. The Kier molecular flexibility index (Phi) is 10.2. The largest absolute Gasteiger partial charge is 0.486 e. The Labute approximate surface area is 266 Å². The van der Waals surface area contributed by atoms with Gasteiger partial charge in [-0.05, 0) is 66.6 Å². The number of ether oxygens (including phenoxy) is 2. The van der Waals surface area contributed by atoms with Gasteiger partial charge in [-0.2, -0.15) is 0 Å². The summed E-state index contributed by atoms with van der Waals surface area (Å²) in [5, 5.41) is 2.78. The fourth-order valence-corrected chi connectivity index (χ4v) is 6.51. The quantitative estimate of drug-likeness (QED) is 0.239. The van der Waals surface area contributed by atoms with Crippen molar-refractivity contribution in [1.29, 1.82) is 0 Å². The molecule has 0 aliphatic carbocycles. The summed E-state index contributed by atoms with van der Waals surface area (Å²) in [5.41, 5.74) is 1.33. The molecule has 46 heavy (non-hydrogen) atoms. The number of anilines is 1. The molecule has 5 rings (SSSR count). The number of benzene rings is 4. The van der Waals surface area contributed by atoms with Gasteiger partial charge in [-0.1, -0.05) is 42.5 Å². The van der Waals surface area contributed by atoms with Gasteiger partial charge < -0.3 is 19.7 Å². The minimum Gasteiger partial charge on any atom is -0.486 e. The lowest BCUT2D eigenvalue weighted by atomic mass is 10.0. The zero-order valence-electron chi connectivity index (χ0n) is 25.1. The van der Waals surface area contributed by atoms with Crippen molar-refractivity contribution in [2.75, 3.05) is 30.6 Å². The molecule has 0 saturated carbocycles. The topological polar surface area (TPSA) is 105 Å². The summed E-state index contributed by atoms with van der Waals surface area (Å²) >= 11 is 0. The van der Waals surface area contributed by atoms with Gasteiger partial charge in [0.25, 0.3) is 10.0 Å². The van der Waals surface area contributed by atoms with E-state index in [1.54, 1.807) is 6.92 Å². The molecule has 0 spiro atoms. The second-order valence-corrected chi connectivity index (χ2v) is 12.4. The normalized spacial score (nSPS) is 13.0. The lowest BCUT2D eigenvalue weighted by Gasteiger charge is -2.34. The van der Waals surface area contributed by atoms with Gasteiger partial charge in [-0.15, -0.1) is 0 Å². The Hall–Kier alpha value is -4.97. The van der Waals surface area contributed by atoms with E-state index in [4.69, 9.17) is 9.47 Å². The minimum atomic E-state index is -4.44. The highest BCUT2D eigenvalue weighted by atomic mass is 32.2. The molecule has 1 aliphatic heterocycles. The molecule has 0 fully saturated rings. The molecule has 4 aromatic rings. The van der Waals surface area contributed by atoms with Crippen molar-refractivity contribution in [3.63, 3.8) is 0 Å². The molecule has 240 valence electrons. The fourth-order valence-electron chi connectivity index (χ4n) is 5.08. The number of rotatable bonds is 12. The molecule has 0 saturated heterocycles. The standard InChI is InChI=1S/C34H33F2N3O6S/c1-2-37-34(41)30(20-24-6-4-3-5-7-24)38(22-25-8-10-26(35)11-9-25)33(40)23-39(28-14-12-27(36)13-15-28)46(42,43)29-16-17-31-32(21-29)45-19-18-44-31/h3-17,21,30H,2,18-20,22-23H2,1H3,(H,37,41)/t30-/m0/s1. The maximum Gasteiger partial charge on any atom is 0.264 e. The maximum absolute atomic E-state index is 14.4. The molecule has 0 bridgehead atoms. The van der Waals surface area contributed by atoms with E-state index < -0.39 is 46.1 Å². The lowest BCUT2D eigenvalue weighted by Crippen LogP contribution is -2.53. The number of sulfonamides is 1. The van der Waals surface area contributed by atoms with Crippen molar-refractivity contribution >= 4 is 27.5 Å². The third-order valence-corrected chi connectivity index (χ3v) is 9.15. The Morgan fingerprint density at radius 3 is 2.11 bits per heavy atom. The van der Waals surface area contributed by atoms with Crippen molar-refractivity contribution in [3.8, 4) is 11.5 Å². The predicted octanol–water partition coefficient (Wildman–Crippen LogP) is 4.71. The third-order valence-electron chi connectivity index (χ3n) is 7.38. The molecule has 2 amide bonds. The summed E-state index contributed by atoms with van der Waals surface area (Å²) < 4.78 is 68.1. The van der Waals surface area contributed by atoms with Gasteiger partial charge in [-0.25, -0.2) is 17.2 Å². The molecule has 1 N–H and O–H groups in total. The molecule has 1 aliphatic rings. The number of fused-ring (bicyclic) bond motifs is 1. The monoisotopic (exact) mass is 649 g/mol. The van der Waals surface area contributed by atoms with Crippen molar-refractivity contribution in [2.24, 2.45) is 0 Å². The fraction of sp³-hybridized carbons (Fsp3) is 0.235. The molecule has 1 heterocycles. The van der Waals surface area contributed by atoms with Gasteiger partial charge in [0.05, 0.1) is 10.6 Å². The zero-order chi connectivity index (χ0) is 32.7. The minimum absolute atomic E-state index is 0.0315. The highest BCUT2D eigenvalue weighted by Gasteiger charge is 2.35. The van der Waals surface area contributed by atoms with Crippen LogP contribution in [0.4, 0.5) is 14.5 Å². The molecular formula is C34H33F2N3O6S. The molecule has 0 radical (unpaired) electrons. The van der Waals surface area contributed by atoms with Crippen LogP contribution in [-0.4, -0.2) is 57.5 Å². The van der Waals surface area contributed by atoms with Gasteiger partial charge in [0.1, 0.15) is 37.4 Å². The Morgan fingerprint density at radius 2 is 1.46 bits per heavy atom. The van der Waals surface area contributed by atoms with Gasteiger partial charge >= 0.3 is 0 Å². The van der Waals surface area contributed by atoms with Gasteiger partial charge in [0.2, 0.25) is 11.8 Å². The summed E-state index contributed by atoms with van der Waals surface area (Å²) in [6.07, 6.45) is 0.130. The molecule has 0 aromatic heterocycles. The summed E-state index contributed by atoms with van der Waals surface area (Å²) in [6, 6.07) is 22.4. The smallest absolute Gasteiger partial charge is 0.264 e. The molecule has 9 nitrogen and oxygen atoms in total. The van der Waals surface area contributed by atoms with E-state index in [9.17, 15) is 26.8 Å². The summed E-state index contributed by atoms with van der Waals surface area (Å²) in [6.45, 7) is 1.75. The summed E-state index contributed by atoms with van der Waals surface area (Å²) in [5.74, 6) is -1.60. The average Bonchev–Trinajstić information content (AvgIpc) is 3.06. The van der Waals surface area contributed by atoms with Crippen LogP contribution in [0.1, 0.15) is 18.1 Å². The van der Waals surface area contributed by atoms with Gasteiger partial charge in [-0.3, -0.25) is 13.9 Å². The molecule has 0 unspecified atom stereocenters. The number of amides is 2. The number of nitrogens with zero attached hydrogens (tertiary/aromatic N) is 2. The van der Waals surface area contributed by atoms with Crippen LogP contribution in [0, 0.1) is 11.6 Å². The summed E-state index contributed by atoms with van der Waals surface area (Å²) in [7, 11) is -4.44. The molecule has 4 aromatic carbocycles. The highest BCUT2D eigenvalue weighted by Crippen LogP contribution is 2.34. The van der Waals surface area contributed by atoms with Crippen molar-refractivity contribution in [3.05, 3.63) is 120 Å². The van der Waals surface area contributed by atoms with E-state index in [0.717, 1.165) is 22.0 Å². The number of nitrogens with one attached hydrogen (secondary N) is 1. The van der Waals surface area contributed by atoms with Gasteiger partial charge in [0, 0.05) is 25.6 Å². The second-order valence-electron chi connectivity index (χ2n) is 10.5. The van der Waals surface area contributed by atoms with Crippen LogP contribution in [-0.2, 0) is 32.6 Å². The predicted molar refractivity (Wildman–Crippen MR) is 168 cm³/mol. The Balaban J connectivity index is 1.56. The van der Waals surface area contributed by atoms with E-state index in [-0.39, 0.29) is 35.9 Å². The van der Waals surface area contributed by atoms with E-state index in [1.807, 2.05) is 30.3 Å². The lowest BCUT2D eigenvalue weighted by molar-refractivity contribution is -0.140. The molecule has 12 heteroatoms. The van der Waals surface area contributed by atoms with Crippen LogP contribution < -0.4 is 19.1 Å². The van der Waals surface area contributed by atoms with E-state index in [1.165, 1.54) is 59.5 Å². The second kappa shape index (κ2) is 14.4. The van der Waals surface area contributed by atoms with Crippen molar-refractivity contribution in [1.82, 2.24) is 10.2 Å². The average molecular weight is 650 g/mol. The van der Waals surface area contributed by atoms with Crippen LogP contribution >= 0.6 is 0 Å². The SMILES string of the molecule is CCNC(=O)[C@H](Cc1ccccc1)N(Cc1ccc(F)cc1)C(=O)CN(c1ccc(F)cc1)S(=O)(=O)c1ccc2c(c1)OCCO2. The van der Waals surface area contributed by atoms with Gasteiger partial charge in [0.15, 0.2) is 11.5 Å². The molecule has 1 atom stereocenters. The summed E-state index contributed by atoms with van der Waals surface area (Å²) in [4.78, 5) is 29.0. The number of carbonyl (C=O) groups is 2. The van der Waals surface area contributed by atoms with Crippen LogP contribution in [0.25, 0.3) is 0 Å². The van der Waals surface area contributed by atoms with Crippen molar-refractivity contribution in [2.45, 2.75) is 30.8 Å². The Bertz CT molecular complexity index is 1770. The van der Waals surface area contributed by atoms with Crippen LogP contribution in [0.3, 0.4) is 0 Å². The first-order valence-corrected chi connectivity index (χ1v) is 16.1. The van der Waals surface area contributed by atoms with Crippen molar-refractivity contribution < 1.29 is 36.3 Å². The van der Waals surface area contributed by atoms with E-state index in [2.05, 4.69) is 5.32 Å². The van der Waals surface area contributed by atoms with Crippen LogP contribution in [0.5, 0.6) is 11.5 Å². The first-order valence-electron chi connectivity index (χ1n) is 14.7. The first-order chi connectivity index (χ1) is 22.2. The van der Waals surface area contributed by atoms with Crippen LogP contribution in [0.15, 0.2) is 102 Å².